The summed E-state index contributed by atoms with van der Waals surface area (Å²) in [4.78, 5) is 14.9. The molecule has 1 atom stereocenters. The minimum absolute atomic E-state index is 0.0687. The molecule has 0 saturated heterocycles. The van der Waals surface area contributed by atoms with Crippen LogP contribution in [-0.2, 0) is 6.42 Å². The molecule has 0 bridgehead atoms. The van der Waals surface area contributed by atoms with E-state index in [1.54, 1.807) is 12.3 Å². The number of rotatable bonds is 6. The van der Waals surface area contributed by atoms with E-state index >= 15 is 0 Å². The highest BCUT2D eigenvalue weighted by atomic mass is 16.6. The molecule has 5 nitrogen and oxygen atoms in total. The number of hydrogen-bond donors (Lipinski definition) is 1. The molecular weight excluding hydrogens is 266 g/mol. The first kappa shape index (κ1) is 15.4. The smallest absolute Gasteiger partial charge is 0.295 e. The van der Waals surface area contributed by atoms with Gasteiger partial charge in [-0.25, -0.2) is 4.98 Å². The van der Waals surface area contributed by atoms with Crippen LogP contribution in [0.25, 0.3) is 10.9 Å². The molecule has 0 radical (unpaired) electrons. The minimum Gasteiger partial charge on any atom is -0.317 e. The molecule has 1 aromatic carbocycles. The van der Waals surface area contributed by atoms with Gasteiger partial charge in [0.25, 0.3) is 5.69 Å². The van der Waals surface area contributed by atoms with E-state index in [4.69, 9.17) is 0 Å². The Morgan fingerprint density at radius 1 is 1.33 bits per heavy atom. The predicted octanol–water partition coefficient (Wildman–Crippen LogP) is 3.32. The molecule has 0 aliphatic rings. The molecule has 1 unspecified atom stereocenters. The molecule has 0 spiro atoms. The normalized spacial score (nSPS) is 12.8. The molecule has 0 aliphatic heterocycles. The molecule has 21 heavy (non-hydrogen) atoms. The number of aromatic nitrogens is 1. The Morgan fingerprint density at radius 2 is 2.10 bits per heavy atom. The summed E-state index contributed by atoms with van der Waals surface area (Å²) < 4.78 is 0. The predicted molar refractivity (Wildman–Crippen MR) is 84.4 cm³/mol. The van der Waals surface area contributed by atoms with E-state index in [0.717, 1.165) is 23.8 Å². The fraction of sp³-hybridized carbons (Fsp3) is 0.438. The number of para-hydroxylation sites is 1. The number of pyridine rings is 1. The van der Waals surface area contributed by atoms with Gasteiger partial charge < -0.3 is 5.32 Å². The molecular formula is C16H21N3O2. The van der Waals surface area contributed by atoms with Crippen LogP contribution in [0.5, 0.6) is 0 Å². The molecule has 0 amide bonds. The highest BCUT2D eigenvalue weighted by molar-refractivity contribution is 5.89. The maximum atomic E-state index is 11.1. The first-order chi connectivity index (χ1) is 10.0. The topological polar surface area (TPSA) is 68.1 Å². The second-order valence-corrected chi connectivity index (χ2v) is 5.72. The second kappa shape index (κ2) is 6.63. The van der Waals surface area contributed by atoms with E-state index in [0.29, 0.717) is 17.5 Å². The maximum absolute atomic E-state index is 11.1. The summed E-state index contributed by atoms with van der Waals surface area (Å²) in [6.45, 7) is 4.39. The number of nitro benzene ring substituents is 1. The lowest BCUT2D eigenvalue weighted by Crippen LogP contribution is -2.29. The zero-order chi connectivity index (χ0) is 15.4. The van der Waals surface area contributed by atoms with Crippen molar-refractivity contribution in [1.82, 2.24) is 10.3 Å². The van der Waals surface area contributed by atoms with Gasteiger partial charge in [-0.05, 0) is 37.4 Å². The average molecular weight is 287 g/mol. The molecule has 0 aliphatic carbocycles. The van der Waals surface area contributed by atoms with E-state index in [1.165, 1.54) is 6.07 Å². The lowest BCUT2D eigenvalue weighted by molar-refractivity contribution is -0.383. The highest BCUT2D eigenvalue weighted by Gasteiger charge is 2.16. The van der Waals surface area contributed by atoms with Gasteiger partial charge in [0.1, 0.15) is 5.52 Å². The van der Waals surface area contributed by atoms with E-state index in [1.807, 2.05) is 19.2 Å². The zero-order valence-electron chi connectivity index (χ0n) is 12.7. The SMILES string of the molecule is CNC(Cc1ccnc2c([N+](=O)[O-])cccc12)CC(C)C. The van der Waals surface area contributed by atoms with Crippen molar-refractivity contribution < 1.29 is 4.92 Å². The molecule has 2 rings (SSSR count). The zero-order valence-corrected chi connectivity index (χ0v) is 12.7. The maximum Gasteiger partial charge on any atom is 0.295 e. The van der Waals surface area contributed by atoms with Crippen LogP contribution in [0.1, 0.15) is 25.8 Å². The van der Waals surface area contributed by atoms with Gasteiger partial charge in [-0.15, -0.1) is 0 Å². The lowest BCUT2D eigenvalue weighted by atomic mass is 9.95. The van der Waals surface area contributed by atoms with Crippen LogP contribution >= 0.6 is 0 Å². The van der Waals surface area contributed by atoms with Crippen molar-refractivity contribution in [3.63, 3.8) is 0 Å². The molecule has 2 aromatic rings. The van der Waals surface area contributed by atoms with Crippen molar-refractivity contribution >= 4 is 16.6 Å². The van der Waals surface area contributed by atoms with Crippen LogP contribution in [0, 0.1) is 16.0 Å². The van der Waals surface area contributed by atoms with Gasteiger partial charge in [-0.1, -0.05) is 26.0 Å². The third-order valence-electron chi connectivity index (χ3n) is 3.67. The Bertz CT molecular complexity index is 640. The number of hydrogen-bond acceptors (Lipinski definition) is 4. The Labute approximate surface area is 124 Å². The van der Waals surface area contributed by atoms with Crippen molar-refractivity contribution in [2.24, 2.45) is 5.92 Å². The number of likely N-dealkylation sites (N-methyl/N-ethyl adjacent to an activating group) is 1. The summed E-state index contributed by atoms with van der Waals surface area (Å²) >= 11 is 0. The fourth-order valence-electron chi connectivity index (χ4n) is 2.68. The molecule has 112 valence electrons. The van der Waals surface area contributed by atoms with Crippen LogP contribution in [-0.4, -0.2) is 23.0 Å². The van der Waals surface area contributed by atoms with Crippen molar-refractivity contribution in [3.05, 3.63) is 46.1 Å². The fourth-order valence-corrected chi connectivity index (χ4v) is 2.68. The van der Waals surface area contributed by atoms with Crippen molar-refractivity contribution in [2.75, 3.05) is 7.05 Å². The summed E-state index contributed by atoms with van der Waals surface area (Å²) in [5.74, 6) is 0.602. The van der Waals surface area contributed by atoms with Gasteiger partial charge in [0.05, 0.1) is 4.92 Å². The standard InChI is InChI=1S/C16H21N3O2/c1-11(2)9-13(17-3)10-12-7-8-18-16-14(12)5-4-6-15(16)19(20)21/h4-8,11,13,17H,9-10H2,1-3H3. The summed E-state index contributed by atoms with van der Waals surface area (Å²) in [5, 5.41) is 15.3. The van der Waals surface area contributed by atoms with E-state index < -0.39 is 0 Å². The number of nitrogens with one attached hydrogen (secondary N) is 1. The number of nitro groups is 1. The average Bonchev–Trinajstić information content (AvgIpc) is 2.45. The van der Waals surface area contributed by atoms with E-state index in [9.17, 15) is 10.1 Å². The Hall–Kier alpha value is -2.01. The first-order valence-corrected chi connectivity index (χ1v) is 7.21. The molecule has 1 N–H and O–H groups in total. The lowest BCUT2D eigenvalue weighted by Gasteiger charge is -2.19. The third kappa shape index (κ3) is 3.55. The molecule has 1 aromatic heterocycles. The quantitative estimate of drug-likeness (QED) is 0.653. The van der Waals surface area contributed by atoms with Crippen molar-refractivity contribution in [3.8, 4) is 0 Å². The minimum atomic E-state index is -0.372. The monoisotopic (exact) mass is 287 g/mol. The van der Waals surface area contributed by atoms with Crippen LogP contribution in [0.4, 0.5) is 5.69 Å². The number of benzene rings is 1. The van der Waals surface area contributed by atoms with Gasteiger partial charge in [-0.2, -0.15) is 0 Å². The number of non-ortho nitro benzene ring substituents is 1. The van der Waals surface area contributed by atoms with E-state index in [-0.39, 0.29) is 10.6 Å². The van der Waals surface area contributed by atoms with Gasteiger partial charge in [-0.3, -0.25) is 10.1 Å². The van der Waals surface area contributed by atoms with Gasteiger partial charge in [0.2, 0.25) is 0 Å². The molecule has 1 heterocycles. The number of nitrogens with zero attached hydrogens (tertiary/aromatic N) is 2. The Kier molecular flexibility index (Phi) is 4.85. The summed E-state index contributed by atoms with van der Waals surface area (Å²) in [6.07, 6.45) is 3.57. The largest absolute Gasteiger partial charge is 0.317 e. The Morgan fingerprint density at radius 3 is 2.71 bits per heavy atom. The summed E-state index contributed by atoms with van der Waals surface area (Å²) in [5.41, 5.74) is 1.64. The van der Waals surface area contributed by atoms with Crippen LogP contribution in [0.2, 0.25) is 0 Å². The second-order valence-electron chi connectivity index (χ2n) is 5.72. The first-order valence-electron chi connectivity index (χ1n) is 7.21. The van der Waals surface area contributed by atoms with Gasteiger partial charge in [0.15, 0.2) is 0 Å². The van der Waals surface area contributed by atoms with Crippen LogP contribution in [0.3, 0.4) is 0 Å². The third-order valence-corrected chi connectivity index (χ3v) is 3.67. The molecule has 5 heteroatoms. The van der Waals surface area contributed by atoms with E-state index in [2.05, 4.69) is 24.1 Å². The summed E-state index contributed by atoms with van der Waals surface area (Å²) in [6, 6.07) is 7.45. The molecule has 0 saturated carbocycles. The van der Waals surface area contributed by atoms with Gasteiger partial charge in [0, 0.05) is 23.7 Å². The Balaban J connectivity index is 2.41. The number of fused-ring (bicyclic) bond motifs is 1. The van der Waals surface area contributed by atoms with Crippen LogP contribution in [0.15, 0.2) is 30.5 Å². The van der Waals surface area contributed by atoms with Crippen molar-refractivity contribution in [2.45, 2.75) is 32.7 Å². The molecule has 0 fully saturated rings. The van der Waals surface area contributed by atoms with Crippen LogP contribution < -0.4 is 5.32 Å². The summed E-state index contributed by atoms with van der Waals surface area (Å²) in [7, 11) is 1.96. The van der Waals surface area contributed by atoms with Crippen molar-refractivity contribution in [1.29, 1.82) is 0 Å². The highest BCUT2D eigenvalue weighted by Crippen LogP contribution is 2.26. The van der Waals surface area contributed by atoms with Gasteiger partial charge >= 0.3 is 0 Å².